The van der Waals surface area contributed by atoms with Crippen LogP contribution in [0.2, 0.25) is 0 Å². The molecule has 6 rings (SSSR count). The van der Waals surface area contributed by atoms with Crippen LogP contribution in [0.15, 0.2) is 52.9 Å². The van der Waals surface area contributed by atoms with E-state index >= 15 is 0 Å². The van der Waals surface area contributed by atoms with E-state index in [4.69, 9.17) is 9.15 Å². The van der Waals surface area contributed by atoms with Crippen LogP contribution in [-0.2, 0) is 22.7 Å². The second kappa shape index (κ2) is 8.19. The highest BCUT2D eigenvalue weighted by atomic mass is 16.5. The van der Waals surface area contributed by atoms with Gasteiger partial charge in [-0.3, -0.25) is 24.3 Å². The molecule has 1 spiro atoms. The summed E-state index contributed by atoms with van der Waals surface area (Å²) in [6, 6.07) is 15.4. The van der Waals surface area contributed by atoms with Crippen LogP contribution in [0, 0.1) is 6.92 Å². The third kappa shape index (κ3) is 3.47. The second-order valence-corrected chi connectivity index (χ2v) is 9.95. The Kier molecular flexibility index (Phi) is 5.21. The molecule has 0 unspecified atom stereocenters. The van der Waals surface area contributed by atoms with E-state index in [1.165, 1.54) is 4.90 Å². The summed E-state index contributed by atoms with van der Waals surface area (Å²) in [7, 11) is 1.67. The summed E-state index contributed by atoms with van der Waals surface area (Å²) in [5.74, 6) is 1.73. The zero-order valence-electron chi connectivity index (χ0n) is 19.9. The second-order valence-electron chi connectivity index (χ2n) is 9.95. The molecular formula is C27H29N3O5. The summed E-state index contributed by atoms with van der Waals surface area (Å²) < 4.78 is 11.2. The molecule has 2 aromatic carbocycles. The van der Waals surface area contributed by atoms with Gasteiger partial charge in [0.25, 0.3) is 5.91 Å². The molecule has 3 fully saturated rings. The molecule has 3 aromatic rings. The Bertz CT molecular complexity index is 1310. The molecule has 1 N–H and O–H groups in total. The van der Waals surface area contributed by atoms with Crippen LogP contribution in [0.1, 0.15) is 23.5 Å². The van der Waals surface area contributed by atoms with Crippen molar-refractivity contribution in [3.8, 4) is 5.75 Å². The summed E-state index contributed by atoms with van der Waals surface area (Å²) in [6.07, 6.45) is -0.260. The van der Waals surface area contributed by atoms with E-state index < -0.39 is 17.7 Å². The number of β-amino-alcohol motifs (C(OH)–C–C–N with tert-alkyl or cyclic N) is 1. The maximum absolute atomic E-state index is 13.8. The summed E-state index contributed by atoms with van der Waals surface area (Å²) >= 11 is 0. The standard InChI is InChI=1S/C27H29N3O5/c1-17-7-9-20(35-17)14-29-25(32)23-11-19(31)13-30(23)27(26(29)33)15-28(16-27)12-18-8-10-24(34-2)22-6-4-3-5-21(18)22/h3-10,19,23,31H,11-16H2,1-2H3/t19-,23+/m1/s1. The molecule has 8 heteroatoms. The fraction of sp³-hybridized carbons (Fsp3) is 0.407. The maximum Gasteiger partial charge on any atom is 0.252 e. The number of imide groups is 1. The van der Waals surface area contributed by atoms with E-state index in [1.807, 2.05) is 36.1 Å². The van der Waals surface area contributed by atoms with Crippen molar-refractivity contribution >= 4 is 22.6 Å². The molecule has 0 saturated carbocycles. The Hall–Kier alpha value is -3.20. The van der Waals surface area contributed by atoms with Crippen LogP contribution in [0.5, 0.6) is 5.75 Å². The number of ether oxygens (including phenoxy) is 1. The highest BCUT2D eigenvalue weighted by molar-refractivity contribution is 6.06. The lowest BCUT2D eigenvalue weighted by Crippen LogP contribution is -2.81. The number of carbonyl (C=O) groups excluding carboxylic acids is 2. The van der Waals surface area contributed by atoms with Crippen LogP contribution in [0.3, 0.4) is 0 Å². The van der Waals surface area contributed by atoms with Gasteiger partial charge < -0.3 is 14.3 Å². The predicted molar refractivity (Wildman–Crippen MR) is 129 cm³/mol. The number of likely N-dealkylation sites (tertiary alicyclic amines) is 1. The van der Waals surface area contributed by atoms with Crippen LogP contribution in [0.4, 0.5) is 0 Å². The lowest BCUT2D eigenvalue weighted by Gasteiger charge is -2.58. The number of hydrogen-bond donors (Lipinski definition) is 1. The number of carbonyl (C=O) groups is 2. The van der Waals surface area contributed by atoms with Gasteiger partial charge in [0.15, 0.2) is 0 Å². The maximum atomic E-state index is 13.8. The molecule has 0 radical (unpaired) electrons. The van der Waals surface area contributed by atoms with Gasteiger partial charge in [-0.05, 0) is 42.5 Å². The lowest BCUT2D eigenvalue weighted by molar-refractivity contribution is -0.181. The molecule has 4 heterocycles. The first-order chi connectivity index (χ1) is 16.9. The van der Waals surface area contributed by atoms with Crippen molar-refractivity contribution in [3.05, 3.63) is 65.6 Å². The third-order valence-electron chi connectivity index (χ3n) is 7.69. The first-order valence-electron chi connectivity index (χ1n) is 12.0. The number of aliphatic hydroxyl groups is 1. The molecular weight excluding hydrogens is 446 g/mol. The molecule has 2 atom stereocenters. The van der Waals surface area contributed by atoms with Crippen LogP contribution in [-0.4, -0.2) is 76.0 Å². The summed E-state index contributed by atoms with van der Waals surface area (Å²) in [5, 5.41) is 12.6. The van der Waals surface area contributed by atoms with Crippen molar-refractivity contribution in [2.75, 3.05) is 26.7 Å². The summed E-state index contributed by atoms with van der Waals surface area (Å²) in [4.78, 5) is 32.6. The molecule has 35 heavy (non-hydrogen) atoms. The number of benzene rings is 2. The van der Waals surface area contributed by atoms with Crippen molar-refractivity contribution < 1.29 is 23.8 Å². The first-order valence-corrected chi connectivity index (χ1v) is 12.0. The van der Waals surface area contributed by atoms with Crippen molar-refractivity contribution in [3.63, 3.8) is 0 Å². The number of amides is 2. The average molecular weight is 476 g/mol. The molecule has 3 saturated heterocycles. The largest absolute Gasteiger partial charge is 0.496 e. The zero-order chi connectivity index (χ0) is 24.3. The fourth-order valence-electron chi connectivity index (χ4n) is 6.06. The Labute approximate surface area is 203 Å². The molecule has 0 bridgehead atoms. The Morgan fingerprint density at radius 3 is 2.54 bits per heavy atom. The van der Waals surface area contributed by atoms with Gasteiger partial charge in [-0.25, -0.2) is 0 Å². The Balaban J connectivity index is 1.27. The monoisotopic (exact) mass is 475 g/mol. The topological polar surface area (TPSA) is 86.5 Å². The van der Waals surface area contributed by atoms with E-state index in [2.05, 4.69) is 23.1 Å². The molecule has 3 aliphatic rings. The number of nitrogens with zero attached hydrogens (tertiary/aromatic N) is 3. The SMILES string of the molecule is COc1ccc(CN2CC3(C2)C(=O)N(Cc2ccc(C)o2)C(=O)[C@@H]2C[C@@H](O)CN23)c2ccccc12. The van der Waals surface area contributed by atoms with Crippen LogP contribution >= 0.6 is 0 Å². The first kappa shape index (κ1) is 22.3. The molecule has 182 valence electrons. The van der Waals surface area contributed by atoms with Gasteiger partial charge in [0.1, 0.15) is 22.8 Å². The highest BCUT2D eigenvalue weighted by Crippen LogP contribution is 2.42. The lowest BCUT2D eigenvalue weighted by atomic mass is 9.82. The van der Waals surface area contributed by atoms with Gasteiger partial charge in [0, 0.05) is 31.6 Å². The number of aryl methyl sites for hydroxylation is 1. The van der Waals surface area contributed by atoms with Crippen LogP contribution in [0.25, 0.3) is 10.8 Å². The highest BCUT2D eigenvalue weighted by Gasteiger charge is 2.64. The van der Waals surface area contributed by atoms with Crippen LogP contribution < -0.4 is 4.74 Å². The van der Waals surface area contributed by atoms with E-state index in [0.717, 1.165) is 27.8 Å². The number of fused-ring (bicyclic) bond motifs is 3. The minimum atomic E-state index is -0.806. The smallest absolute Gasteiger partial charge is 0.252 e. The van der Waals surface area contributed by atoms with Gasteiger partial charge >= 0.3 is 0 Å². The van der Waals surface area contributed by atoms with Crippen molar-refractivity contribution in [1.82, 2.24) is 14.7 Å². The third-order valence-corrected chi connectivity index (χ3v) is 7.69. The molecule has 8 nitrogen and oxygen atoms in total. The van der Waals surface area contributed by atoms with E-state index in [9.17, 15) is 14.7 Å². The van der Waals surface area contributed by atoms with E-state index in [1.54, 1.807) is 13.2 Å². The number of furan rings is 1. The van der Waals surface area contributed by atoms with Gasteiger partial charge in [-0.1, -0.05) is 30.3 Å². The fourth-order valence-corrected chi connectivity index (χ4v) is 6.06. The molecule has 2 amide bonds. The summed E-state index contributed by atoms with van der Waals surface area (Å²) in [5.41, 5.74) is 0.358. The normalized spacial score (nSPS) is 24.3. The Morgan fingerprint density at radius 2 is 1.83 bits per heavy atom. The molecule has 0 aliphatic carbocycles. The average Bonchev–Trinajstić information content (AvgIpc) is 3.43. The quantitative estimate of drug-likeness (QED) is 0.567. The number of piperazine rings is 1. The molecule has 1 aromatic heterocycles. The Morgan fingerprint density at radius 1 is 1.06 bits per heavy atom. The van der Waals surface area contributed by atoms with E-state index in [0.29, 0.717) is 38.4 Å². The van der Waals surface area contributed by atoms with Gasteiger partial charge in [0.2, 0.25) is 5.91 Å². The summed E-state index contributed by atoms with van der Waals surface area (Å²) in [6.45, 7) is 4.01. The van der Waals surface area contributed by atoms with Crippen molar-refractivity contribution in [1.29, 1.82) is 0 Å². The minimum absolute atomic E-state index is 0.122. The van der Waals surface area contributed by atoms with Gasteiger partial charge in [-0.15, -0.1) is 0 Å². The van der Waals surface area contributed by atoms with Gasteiger partial charge in [0.05, 0.1) is 25.8 Å². The van der Waals surface area contributed by atoms with Crippen molar-refractivity contribution in [2.24, 2.45) is 0 Å². The van der Waals surface area contributed by atoms with E-state index in [-0.39, 0.29) is 18.4 Å². The minimum Gasteiger partial charge on any atom is -0.496 e. The van der Waals surface area contributed by atoms with Crippen molar-refractivity contribution in [2.45, 2.75) is 44.1 Å². The number of aliphatic hydroxyl groups excluding tert-OH is 1. The number of rotatable bonds is 5. The number of methoxy groups -OCH3 is 1. The number of hydrogen-bond acceptors (Lipinski definition) is 7. The van der Waals surface area contributed by atoms with Gasteiger partial charge in [-0.2, -0.15) is 0 Å². The molecule has 3 aliphatic heterocycles. The zero-order valence-corrected chi connectivity index (χ0v) is 19.9. The predicted octanol–water partition coefficient (Wildman–Crippen LogP) is 2.31.